The van der Waals surface area contributed by atoms with Crippen LogP contribution >= 0.6 is 23.1 Å². The zero-order valence-corrected chi connectivity index (χ0v) is 11.2. The molecule has 1 N–H and O–H groups in total. The first-order valence-corrected chi connectivity index (χ1v) is 7.48. The highest BCUT2D eigenvalue weighted by atomic mass is 32.2. The Morgan fingerprint density at radius 2 is 2.12 bits per heavy atom. The highest BCUT2D eigenvalue weighted by molar-refractivity contribution is 8.00. The van der Waals surface area contributed by atoms with E-state index in [-0.39, 0.29) is 11.4 Å². The van der Waals surface area contributed by atoms with Gasteiger partial charge in [0.2, 0.25) is 0 Å². The van der Waals surface area contributed by atoms with Crippen molar-refractivity contribution in [3.05, 3.63) is 51.7 Å². The van der Waals surface area contributed by atoms with E-state index in [1.807, 2.05) is 6.07 Å². The van der Waals surface area contributed by atoms with Gasteiger partial charge in [-0.25, -0.2) is 0 Å². The molecule has 2 unspecified atom stereocenters. The van der Waals surface area contributed by atoms with Crippen molar-refractivity contribution in [2.75, 3.05) is 0 Å². The molecule has 88 valence electrons. The van der Waals surface area contributed by atoms with Crippen LogP contribution < -0.4 is 0 Å². The normalized spacial score (nSPS) is 20.2. The summed E-state index contributed by atoms with van der Waals surface area (Å²) in [6.45, 7) is 2.08. The second kappa shape index (κ2) is 4.48. The van der Waals surface area contributed by atoms with E-state index in [1.54, 1.807) is 23.1 Å². The third kappa shape index (κ3) is 2.03. The standard InChI is InChI=1S/C14H14OS2/c1-9-11(6-7-16-9)14(15)13-8-10-4-2-3-5-12(10)17-13/h2-7,13-15H,8H2,1H3. The summed E-state index contributed by atoms with van der Waals surface area (Å²) in [5.74, 6) is 0. The summed E-state index contributed by atoms with van der Waals surface area (Å²) in [7, 11) is 0. The molecule has 1 nitrogen and oxygen atoms in total. The highest BCUT2D eigenvalue weighted by Crippen LogP contribution is 2.43. The average Bonchev–Trinajstić information content (AvgIpc) is 2.93. The van der Waals surface area contributed by atoms with Crippen molar-refractivity contribution >= 4 is 23.1 Å². The molecule has 1 aliphatic rings. The van der Waals surface area contributed by atoms with Crippen LogP contribution in [0.25, 0.3) is 0 Å². The third-order valence-electron chi connectivity index (χ3n) is 3.24. The Morgan fingerprint density at radius 1 is 1.29 bits per heavy atom. The molecule has 3 heteroatoms. The van der Waals surface area contributed by atoms with Crippen LogP contribution in [-0.4, -0.2) is 10.4 Å². The summed E-state index contributed by atoms with van der Waals surface area (Å²) >= 11 is 3.51. The third-order valence-corrected chi connectivity index (χ3v) is 5.48. The van der Waals surface area contributed by atoms with E-state index in [9.17, 15) is 5.11 Å². The van der Waals surface area contributed by atoms with E-state index in [0.717, 1.165) is 12.0 Å². The van der Waals surface area contributed by atoms with Crippen LogP contribution in [0.2, 0.25) is 0 Å². The van der Waals surface area contributed by atoms with Gasteiger partial charge in [-0.05, 0) is 42.0 Å². The van der Waals surface area contributed by atoms with Crippen LogP contribution in [0.3, 0.4) is 0 Å². The molecular weight excluding hydrogens is 248 g/mol. The second-order valence-corrected chi connectivity index (χ2v) is 6.75. The van der Waals surface area contributed by atoms with Gasteiger partial charge in [0.1, 0.15) is 0 Å². The van der Waals surface area contributed by atoms with Crippen LogP contribution in [0, 0.1) is 6.92 Å². The van der Waals surface area contributed by atoms with E-state index in [1.165, 1.54) is 15.3 Å². The van der Waals surface area contributed by atoms with E-state index < -0.39 is 0 Å². The van der Waals surface area contributed by atoms with E-state index in [4.69, 9.17) is 0 Å². The molecule has 2 aromatic rings. The molecule has 0 fully saturated rings. The Kier molecular flexibility index (Phi) is 2.99. The lowest BCUT2D eigenvalue weighted by atomic mass is 10.0. The zero-order chi connectivity index (χ0) is 11.8. The van der Waals surface area contributed by atoms with E-state index in [0.29, 0.717) is 0 Å². The Morgan fingerprint density at radius 3 is 2.82 bits per heavy atom. The second-order valence-electron chi connectivity index (χ2n) is 4.35. The molecule has 0 saturated heterocycles. The number of benzene rings is 1. The molecule has 3 rings (SSSR count). The summed E-state index contributed by atoms with van der Waals surface area (Å²) in [6.07, 6.45) is 0.621. The maximum Gasteiger partial charge on any atom is 0.0925 e. The van der Waals surface area contributed by atoms with Gasteiger partial charge in [-0.2, -0.15) is 0 Å². The molecule has 0 amide bonds. The number of hydrogen-bond acceptors (Lipinski definition) is 3. The number of fused-ring (bicyclic) bond motifs is 1. The molecule has 0 radical (unpaired) electrons. The Hall–Kier alpha value is -0.770. The van der Waals surface area contributed by atoms with Crippen molar-refractivity contribution in [2.24, 2.45) is 0 Å². The fourth-order valence-corrected chi connectivity index (χ4v) is 4.36. The van der Waals surface area contributed by atoms with Crippen LogP contribution in [-0.2, 0) is 6.42 Å². The van der Waals surface area contributed by atoms with E-state index in [2.05, 4.69) is 36.6 Å². The summed E-state index contributed by atoms with van der Waals surface area (Å²) in [4.78, 5) is 2.55. The van der Waals surface area contributed by atoms with Gasteiger partial charge in [0, 0.05) is 15.0 Å². The Labute approximate surface area is 110 Å². The number of thioether (sulfide) groups is 1. The molecule has 0 saturated carbocycles. The number of aliphatic hydroxyl groups excluding tert-OH is 1. The van der Waals surface area contributed by atoms with Crippen molar-refractivity contribution < 1.29 is 5.11 Å². The minimum Gasteiger partial charge on any atom is -0.387 e. The van der Waals surface area contributed by atoms with Gasteiger partial charge >= 0.3 is 0 Å². The average molecular weight is 262 g/mol. The van der Waals surface area contributed by atoms with Crippen LogP contribution in [0.4, 0.5) is 0 Å². The van der Waals surface area contributed by atoms with Crippen molar-refractivity contribution in [1.29, 1.82) is 0 Å². The SMILES string of the molecule is Cc1sccc1C(O)C1Cc2ccccc2S1. The first-order valence-electron chi connectivity index (χ1n) is 5.72. The number of aliphatic hydroxyl groups is 1. The molecule has 0 bridgehead atoms. The van der Waals surface area contributed by atoms with Crippen molar-refractivity contribution in [3.63, 3.8) is 0 Å². The maximum atomic E-state index is 10.4. The highest BCUT2D eigenvalue weighted by Gasteiger charge is 2.29. The van der Waals surface area contributed by atoms with Gasteiger partial charge in [-0.15, -0.1) is 23.1 Å². The van der Waals surface area contributed by atoms with Crippen molar-refractivity contribution in [1.82, 2.24) is 0 Å². The lowest BCUT2D eigenvalue weighted by Crippen LogP contribution is -2.14. The van der Waals surface area contributed by atoms with Gasteiger partial charge < -0.3 is 5.11 Å². The summed E-state index contributed by atoms with van der Waals surface area (Å²) < 4.78 is 0. The minimum absolute atomic E-state index is 0.265. The predicted octanol–water partition coefficient (Wildman–Crippen LogP) is 3.81. The molecular formula is C14H14OS2. The Bertz CT molecular complexity index is 508. The van der Waals surface area contributed by atoms with Gasteiger partial charge in [0.05, 0.1) is 6.10 Å². The predicted molar refractivity (Wildman–Crippen MR) is 73.8 cm³/mol. The van der Waals surface area contributed by atoms with Crippen LogP contribution in [0.15, 0.2) is 40.6 Å². The molecule has 2 atom stereocenters. The van der Waals surface area contributed by atoms with Gasteiger partial charge in [0.15, 0.2) is 0 Å². The van der Waals surface area contributed by atoms with Gasteiger partial charge in [-0.3, -0.25) is 0 Å². The van der Waals surface area contributed by atoms with Crippen molar-refractivity contribution in [3.8, 4) is 0 Å². The smallest absolute Gasteiger partial charge is 0.0925 e. The Balaban J connectivity index is 1.83. The molecule has 1 aromatic heterocycles. The van der Waals surface area contributed by atoms with Gasteiger partial charge in [-0.1, -0.05) is 18.2 Å². The minimum atomic E-state index is -0.348. The topological polar surface area (TPSA) is 20.2 Å². The van der Waals surface area contributed by atoms with Crippen LogP contribution in [0.5, 0.6) is 0 Å². The molecule has 2 heterocycles. The molecule has 0 spiro atoms. The van der Waals surface area contributed by atoms with Gasteiger partial charge in [0.25, 0.3) is 0 Å². The number of hydrogen-bond donors (Lipinski definition) is 1. The number of thiophene rings is 1. The largest absolute Gasteiger partial charge is 0.387 e. The molecule has 0 aliphatic carbocycles. The summed E-state index contributed by atoms with van der Waals surface area (Å²) in [6, 6.07) is 10.5. The molecule has 1 aliphatic heterocycles. The number of rotatable bonds is 2. The fraction of sp³-hybridized carbons (Fsp3) is 0.286. The lowest BCUT2D eigenvalue weighted by Gasteiger charge is -2.16. The summed E-state index contributed by atoms with van der Waals surface area (Å²) in [5, 5.41) is 12.8. The zero-order valence-electron chi connectivity index (χ0n) is 9.59. The fourth-order valence-electron chi connectivity index (χ4n) is 2.29. The summed E-state index contributed by atoms with van der Waals surface area (Å²) in [5.41, 5.74) is 2.47. The van der Waals surface area contributed by atoms with E-state index >= 15 is 0 Å². The van der Waals surface area contributed by atoms with Crippen molar-refractivity contribution in [2.45, 2.75) is 29.6 Å². The molecule has 17 heavy (non-hydrogen) atoms. The maximum absolute atomic E-state index is 10.4. The monoisotopic (exact) mass is 262 g/mol. The van der Waals surface area contributed by atoms with Crippen LogP contribution in [0.1, 0.15) is 22.1 Å². The first-order chi connectivity index (χ1) is 8.25. The lowest BCUT2D eigenvalue weighted by molar-refractivity contribution is 0.175. The quantitative estimate of drug-likeness (QED) is 0.888. The number of aryl methyl sites for hydroxylation is 1. The first kappa shape index (κ1) is 11.3. The molecule has 1 aromatic carbocycles.